The van der Waals surface area contributed by atoms with E-state index < -0.39 is 10.0 Å². The van der Waals surface area contributed by atoms with Crippen molar-refractivity contribution in [1.29, 1.82) is 0 Å². The molecule has 0 aromatic heterocycles. The zero-order valence-electron chi connectivity index (χ0n) is 14.8. The summed E-state index contributed by atoms with van der Waals surface area (Å²) in [5.41, 5.74) is 0.911. The molecule has 0 atom stereocenters. The van der Waals surface area contributed by atoms with Gasteiger partial charge in [-0.15, -0.1) is 4.40 Å². The Kier molecular flexibility index (Phi) is 5.32. The van der Waals surface area contributed by atoms with E-state index in [4.69, 9.17) is 0 Å². The molecule has 0 saturated carbocycles. The Morgan fingerprint density at radius 3 is 2.46 bits per heavy atom. The number of benzene rings is 1. The largest absolute Gasteiger partial charge is 0.352 e. The van der Waals surface area contributed by atoms with E-state index >= 15 is 0 Å². The molecule has 0 unspecified atom stereocenters. The minimum absolute atomic E-state index is 0.0888. The first-order chi connectivity index (χ1) is 11.1. The first kappa shape index (κ1) is 18.4. The number of nitrogens with one attached hydrogen (secondary N) is 1. The van der Waals surface area contributed by atoms with Crippen LogP contribution < -0.4 is 10.2 Å². The predicted molar refractivity (Wildman–Crippen MR) is 96.1 cm³/mol. The van der Waals surface area contributed by atoms with Crippen LogP contribution in [0.5, 0.6) is 0 Å². The summed E-state index contributed by atoms with van der Waals surface area (Å²) in [4.78, 5) is 14.2. The normalized spacial score (nSPS) is 16.1. The van der Waals surface area contributed by atoms with Crippen LogP contribution in [-0.2, 0) is 10.0 Å². The number of amides is 1. The molecule has 0 spiro atoms. The van der Waals surface area contributed by atoms with Crippen LogP contribution in [-0.4, -0.2) is 33.3 Å². The van der Waals surface area contributed by atoms with E-state index in [2.05, 4.69) is 23.6 Å². The second kappa shape index (κ2) is 6.93. The topological polar surface area (TPSA) is 78.8 Å². The highest BCUT2D eigenvalue weighted by Crippen LogP contribution is 2.33. The van der Waals surface area contributed by atoms with Crippen molar-refractivity contribution in [3.8, 4) is 0 Å². The lowest BCUT2D eigenvalue weighted by Gasteiger charge is -2.30. The van der Waals surface area contributed by atoms with Gasteiger partial charge >= 0.3 is 0 Å². The maximum absolute atomic E-state index is 12.4. The van der Waals surface area contributed by atoms with Crippen molar-refractivity contribution in [3.05, 3.63) is 23.8 Å². The van der Waals surface area contributed by atoms with Gasteiger partial charge in [-0.25, -0.2) is 0 Å². The molecule has 6 nitrogen and oxygen atoms in total. The number of rotatable bonds is 5. The third kappa shape index (κ3) is 3.95. The Morgan fingerprint density at radius 1 is 1.21 bits per heavy atom. The van der Waals surface area contributed by atoms with Gasteiger partial charge in [0.05, 0.1) is 5.69 Å². The number of nitrogens with zero attached hydrogens (tertiary/aromatic N) is 2. The number of amidine groups is 1. The van der Waals surface area contributed by atoms with E-state index in [-0.39, 0.29) is 10.8 Å². The van der Waals surface area contributed by atoms with Crippen LogP contribution in [0.4, 0.5) is 5.69 Å². The molecule has 1 aromatic carbocycles. The summed E-state index contributed by atoms with van der Waals surface area (Å²) in [7, 11) is -3.78. The molecule has 0 saturated heterocycles. The van der Waals surface area contributed by atoms with Gasteiger partial charge in [-0.3, -0.25) is 4.79 Å². The van der Waals surface area contributed by atoms with Gasteiger partial charge < -0.3 is 10.2 Å². The van der Waals surface area contributed by atoms with Gasteiger partial charge in [0.15, 0.2) is 0 Å². The van der Waals surface area contributed by atoms with Gasteiger partial charge in [-0.05, 0) is 37.0 Å². The van der Waals surface area contributed by atoms with E-state index in [0.717, 1.165) is 0 Å². The van der Waals surface area contributed by atoms with Crippen LogP contribution in [0.1, 0.15) is 45.0 Å². The van der Waals surface area contributed by atoms with Crippen LogP contribution in [0.25, 0.3) is 0 Å². The molecule has 132 valence electrons. The molecule has 1 heterocycles. The molecule has 0 fully saturated rings. The SMILES string of the molecule is CC1=NS(=O)(=O)c2cc(C(=O)NCC(C)C)ccc2N1CC(C)C. The van der Waals surface area contributed by atoms with Crippen LogP contribution >= 0.6 is 0 Å². The number of anilines is 1. The summed E-state index contributed by atoms with van der Waals surface area (Å²) in [6.45, 7) is 11.0. The molecule has 1 aromatic rings. The Labute approximate surface area is 144 Å². The Bertz CT molecular complexity index is 767. The molecule has 0 radical (unpaired) electrons. The molecule has 0 aliphatic carbocycles. The van der Waals surface area contributed by atoms with E-state index in [0.29, 0.717) is 42.0 Å². The second-order valence-corrected chi connectivity index (χ2v) is 8.48. The Hall–Kier alpha value is -1.89. The lowest BCUT2D eigenvalue weighted by molar-refractivity contribution is 0.0949. The van der Waals surface area contributed by atoms with Gasteiger partial charge in [0.2, 0.25) is 0 Å². The maximum Gasteiger partial charge on any atom is 0.286 e. The van der Waals surface area contributed by atoms with Crippen LogP contribution in [0.15, 0.2) is 27.5 Å². The molecule has 1 aliphatic heterocycles. The van der Waals surface area contributed by atoms with Crippen molar-refractivity contribution in [2.75, 3.05) is 18.0 Å². The summed E-state index contributed by atoms with van der Waals surface area (Å²) in [5.74, 6) is 0.846. The number of fused-ring (bicyclic) bond motifs is 1. The van der Waals surface area contributed by atoms with Crippen molar-refractivity contribution in [1.82, 2.24) is 5.32 Å². The molecule has 1 amide bonds. The Morgan fingerprint density at radius 2 is 1.88 bits per heavy atom. The van der Waals surface area contributed by atoms with Crippen molar-refractivity contribution < 1.29 is 13.2 Å². The molecule has 24 heavy (non-hydrogen) atoms. The lowest BCUT2D eigenvalue weighted by Crippen LogP contribution is -2.37. The van der Waals surface area contributed by atoms with Crippen LogP contribution in [0.2, 0.25) is 0 Å². The van der Waals surface area contributed by atoms with E-state index in [9.17, 15) is 13.2 Å². The third-order valence-electron chi connectivity index (χ3n) is 3.65. The number of carbonyl (C=O) groups excluding carboxylic acids is 1. The molecule has 1 N–H and O–H groups in total. The zero-order chi connectivity index (χ0) is 18.1. The molecule has 1 aliphatic rings. The first-order valence-corrected chi connectivity index (χ1v) is 9.57. The third-order valence-corrected chi connectivity index (χ3v) is 5.04. The maximum atomic E-state index is 12.4. The summed E-state index contributed by atoms with van der Waals surface area (Å²) in [6, 6.07) is 4.78. The minimum atomic E-state index is -3.78. The van der Waals surface area contributed by atoms with Gasteiger partial charge in [0, 0.05) is 18.7 Å². The Balaban J connectivity index is 2.42. The van der Waals surface area contributed by atoms with Crippen LogP contribution in [0, 0.1) is 11.8 Å². The van der Waals surface area contributed by atoms with Gasteiger partial charge in [-0.1, -0.05) is 27.7 Å². The molecule has 7 heteroatoms. The summed E-state index contributed by atoms with van der Waals surface area (Å²) in [5, 5.41) is 2.80. The predicted octanol–water partition coefficient (Wildman–Crippen LogP) is 2.66. The highest BCUT2D eigenvalue weighted by molar-refractivity contribution is 7.90. The van der Waals surface area contributed by atoms with Gasteiger partial charge in [0.25, 0.3) is 15.9 Å². The van der Waals surface area contributed by atoms with Crippen molar-refractivity contribution in [2.24, 2.45) is 16.2 Å². The number of hydrogen-bond donors (Lipinski definition) is 1. The fraction of sp³-hybridized carbons (Fsp3) is 0.529. The summed E-state index contributed by atoms with van der Waals surface area (Å²) >= 11 is 0. The van der Waals surface area contributed by atoms with Gasteiger partial charge in [0.1, 0.15) is 10.7 Å². The van der Waals surface area contributed by atoms with Crippen molar-refractivity contribution in [3.63, 3.8) is 0 Å². The van der Waals surface area contributed by atoms with Crippen molar-refractivity contribution in [2.45, 2.75) is 39.5 Å². The quantitative estimate of drug-likeness (QED) is 0.884. The van der Waals surface area contributed by atoms with Gasteiger partial charge in [-0.2, -0.15) is 8.42 Å². The zero-order valence-corrected chi connectivity index (χ0v) is 15.6. The summed E-state index contributed by atoms with van der Waals surface area (Å²) in [6.07, 6.45) is 0. The monoisotopic (exact) mass is 351 g/mol. The summed E-state index contributed by atoms with van der Waals surface area (Å²) < 4.78 is 28.7. The number of sulfonamides is 1. The minimum Gasteiger partial charge on any atom is -0.352 e. The number of carbonyl (C=O) groups is 1. The standard InChI is InChI=1S/C17H25N3O3S/c1-11(2)9-18-17(21)14-6-7-15-16(8-14)24(22,23)19-13(5)20(15)10-12(3)4/h6-8,11-12H,9-10H2,1-5H3,(H,18,21). The van der Waals surface area contributed by atoms with E-state index in [1.165, 1.54) is 6.07 Å². The second-order valence-electron chi connectivity index (χ2n) is 6.90. The number of hydrogen-bond acceptors (Lipinski definition) is 4. The lowest BCUT2D eigenvalue weighted by atomic mass is 10.1. The van der Waals surface area contributed by atoms with E-state index in [1.54, 1.807) is 19.1 Å². The first-order valence-electron chi connectivity index (χ1n) is 8.13. The highest BCUT2D eigenvalue weighted by Gasteiger charge is 2.30. The van der Waals surface area contributed by atoms with E-state index in [1.807, 2.05) is 18.7 Å². The molecular formula is C17H25N3O3S. The highest BCUT2D eigenvalue weighted by atomic mass is 32.2. The van der Waals surface area contributed by atoms with Crippen LogP contribution in [0.3, 0.4) is 0 Å². The fourth-order valence-corrected chi connectivity index (χ4v) is 3.79. The molecular weight excluding hydrogens is 326 g/mol. The average Bonchev–Trinajstić information content (AvgIpc) is 2.48. The molecule has 2 rings (SSSR count). The molecule has 0 bridgehead atoms. The fourth-order valence-electron chi connectivity index (χ4n) is 2.53. The smallest absolute Gasteiger partial charge is 0.286 e. The average molecular weight is 351 g/mol. The van der Waals surface area contributed by atoms with Crippen molar-refractivity contribution >= 4 is 27.5 Å².